The summed E-state index contributed by atoms with van der Waals surface area (Å²) in [5, 5.41) is 11.2. The molecule has 1 amide bonds. The summed E-state index contributed by atoms with van der Waals surface area (Å²) in [4.78, 5) is 27.7. The second kappa shape index (κ2) is 10.9. The van der Waals surface area contributed by atoms with E-state index < -0.39 is 4.92 Å². The maximum atomic E-state index is 13.1. The molecule has 2 aromatic carbocycles. The summed E-state index contributed by atoms with van der Waals surface area (Å²) in [7, 11) is 0. The Hall–Kier alpha value is -2.74. The van der Waals surface area contributed by atoms with Crippen LogP contribution in [0.15, 0.2) is 54.6 Å². The molecule has 0 spiro atoms. The summed E-state index contributed by atoms with van der Waals surface area (Å²) in [5.41, 5.74) is 1.02. The molecule has 1 aliphatic heterocycles. The van der Waals surface area contributed by atoms with Crippen LogP contribution in [0.1, 0.15) is 15.9 Å². The molecule has 0 unspecified atom stereocenters. The van der Waals surface area contributed by atoms with E-state index >= 15 is 0 Å². The number of nitro groups is 1. The normalized spacial score (nSPS) is 14.7. The van der Waals surface area contributed by atoms with Crippen LogP contribution in [0.3, 0.4) is 0 Å². The Labute approximate surface area is 180 Å². The number of hydrogen-bond acceptors (Lipinski definition) is 5. The average molecular weight is 430 g/mol. The number of amides is 1. The zero-order valence-electron chi connectivity index (χ0n) is 16.6. The first-order chi connectivity index (χ1) is 14.5. The van der Waals surface area contributed by atoms with Crippen molar-refractivity contribution in [2.75, 3.05) is 45.9 Å². The molecule has 0 aromatic heterocycles. The van der Waals surface area contributed by atoms with E-state index in [9.17, 15) is 14.9 Å². The lowest BCUT2D eigenvalue weighted by molar-refractivity contribution is -0.384. The fourth-order valence-electron chi connectivity index (χ4n) is 3.21. The van der Waals surface area contributed by atoms with Crippen molar-refractivity contribution in [3.05, 3.63) is 80.9 Å². The van der Waals surface area contributed by atoms with Crippen LogP contribution in [-0.2, 0) is 4.74 Å². The number of carbonyl (C=O) groups excluding carboxylic acids is 1. The molecule has 158 valence electrons. The van der Waals surface area contributed by atoms with Gasteiger partial charge in [0.05, 0.1) is 18.1 Å². The quantitative estimate of drug-likeness (QED) is 0.472. The number of ether oxygens (including phenoxy) is 1. The third-order valence-corrected chi connectivity index (χ3v) is 5.22. The van der Waals surface area contributed by atoms with E-state index in [4.69, 9.17) is 16.3 Å². The molecule has 1 aliphatic rings. The van der Waals surface area contributed by atoms with Crippen molar-refractivity contribution in [1.29, 1.82) is 0 Å². The molecule has 0 N–H and O–H groups in total. The molecule has 30 heavy (non-hydrogen) atoms. The van der Waals surface area contributed by atoms with E-state index in [0.717, 1.165) is 18.7 Å². The second-order valence-corrected chi connectivity index (χ2v) is 7.35. The van der Waals surface area contributed by atoms with Gasteiger partial charge >= 0.3 is 0 Å². The van der Waals surface area contributed by atoms with E-state index in [-0.39, 0.29) is 22.2 Å². The summed E-state index contributed by atoms with van der Waals surface area (Å²) >= 11 is 5.89. The molecular weight excluding hydrogens is 406 g/mol. The van der Waals surface area contributed by atoms with Gasteiger partial charge in [0, 0.05) is 44.4 Å². The van der Waals surface area contributed by atoms with Crippen LogP contribution in [0.4, 0.5) is 5.69 Å². The fraction of sp³-hybridized carbons (Fsp3) is 0.318. The SMILES string of the molecule is O=C(c1ccc(Cl)c([N+](=O)[O-])c1)N(C/C=C/c1ccccc1)CCN1CCOCC1. The summed E-state index contributed by atoms with van der Waals surface area (Å²) in [6, 6.07) is 14.0. The molecule has 0 bridgehead atoms. The van der Waals surface area contributed by atoms with E-state index in [2.05, 4.69) is 4.90 Å². The van der Waals surface area contributed by atoms with Crippen molar-refractivity contribution in [2.45, 2.75) is 0 Å². The topological polar surface area (TPSA) is 75.9 Å². The zero-order chi connectivity index (χ0) is 21.3. The molecule has 0 saturated carbocycles. The lowest BCUT2D eigenvalue weighted by atomic mass is 10.1. The lowest BCUT2D eigenvalue weighted by Crippen LogP contribution is -2.43. The molecule has 0 radical (unpaired) electrons. The van der Waals surface area contributed by atoms with Gasteiger partial charge in [0.15, 0.2) is 0 Å². The van der Waals surface area contributed by atoms with E-state index in [1.807, 2.05) is 42.5 Å². The maximum absolute atomic E-state index is 13.1. The van der Waals surface area contributed by atoms with Crippen molar-refractivity contribution in [3.8, 4) is 0 Å². The summed E-state index contributed by atoms with van der Waals surface area (Å²) in [6.45, 7) is 4.64. The van der Waals surface area contributed by atoms with Gasteiger partial charge in [-0.05, 0) is 17.7 Å². The Balaban J connectivity index is 1.74. The van der Waals surface area contributed by atoms with Crippen LogP contribution >= 0.6 is 11.6 Å². The molecular formula is C22H24ClN3O4. The van der Waals surface area contributed by atoms with Gasteiger partial charge in [0.2, 0.25) is 0 Å². The standard InChI is InChI=1S/C22H24ClN3O4/c23-20-9-8-19(17-21(20)26(28)29)22(27)25(12-11-24-13-15-30-16-14-24)10-4-7-18-5-2-1-3-6-18/h1-9,17H,10-16H2/b7-4+. The number of nitro benzene ring substituents is 1. The molecule has 7 nitrogen and oxygen atoms in total. The first kappa shape index (κ1) is 22.0. The van der Waals surface area contributed by atoms with Crippen molar-refractivity contribution in [2.24, 2.45) is 0 Å². The van der Waals surface area contributed by atoms with Gasteiger partial charge in [-0.15, -0.1) is 0 Å². The van der Waals surface area contributed by atoms with E-state index in [1.54, 1.807) is 4.90 Å². The van der Waals surface area contributed by atoms with Gasteiger partial charge < -0.3 is 9.64 Å². The smallest absolute Gasteiger partial charge is 0.288 e. The number of nitrogens with zero attached hydrogens (tertiary/aromatic N) is 3. The van der Waals surface area contributed by atoms with Crippen molar-refractivity contribution < 1.29 is 14.5 Å². The van der Waals surface area contributed by atoms with Crippen molar-refractivity contribution in [3.63, 3.8) is 0 Å². The highest BCUT2D eigenvalue weighted by atomic mass is 35.5. The highest BCUT2D eigenvalue weighted by Crippen LogP contribution is 2.25. The minimum absolute atomic E-state index is 0.0143. The Morgan fingerprint density at radius 1 is 1.20 bits per heavy atom. The van der Waals surface area contributed by atoms with Crippen LogP contribution in [0, 0.1) is 10.1 Å². The van der Waals surface area contributed by atoms with Gasteiger partial charge in [-0.3, -0.25) is 19.8 Å². The van der Waals surface area contributed by atoms with Crippen molar-refractivity contribution in [1.82, 2.24) is 9.80 Å². The Morgan fingerprint density at radius 2 is 1.93 bits per heavy atom. The van der Waals surface area contributed by atoms with Crippen LogP contribution in [0.5, 0.6) is 0 Å². The van der Waals surface area contributed by atoms with Gasteiger partial charge in [-0.25, -0.2) is 0 Å². The van der Waals surface area contributed by atoms with Gasteiger partial charge in [-0.2, -0.15) is 0 Å². The molecule has 0 aliphatic carbocycles. The Bertz CT molecular complexity index is 899. The number of benzene rings is 2. The maximum Gasteiger partial charge on any atom is 0.288 e. The van der Waals surface area contributed by atoms with Crippen LogP contribution in [0.25, 0.3) is 6.08 Å². The molecule has 8 heteroatoms. The van der Waals surface area contributed by atoms with Gasteiger partial charge in [0.25, 0.3) is 11.6 Å². The largest absolute Gasteiger partial charge is 0.379 e. The number of hydrogen-bond donors (Lipinski definition) is 0. The minimum Gasteiger partial charge on any atom is -0.379 e. The Morgan fingerprint density at radius 3 is 2.63 bits per heavy atom. The third kappa shape index (κ3) is 6.13. The molecule has 1 fully saturated rings. The highest BCUT2D eigenvalue weighted by Gasteiger charge is 2.21. The third-order valence-electron chi connectivity index (χ3n) is 4.90. The predicted octanol–water partition coefficient (Wildman–Crippen LogP) is 3.74. The summed E-state index contributed by atoms with van der Waals surface area (Å²) < 4.78 is 5.37. The lowest BCUT2D eigenvalue weighted by Gasteiger charge is -2.29. The zero-order valence-corrected chi connectivity index (χ0v) is 17.3. The predicted molar refractivity (Wildman–Crippen MR) is 117 cm³/mol. The minimum atomic E-state index is -0.577. The number of halogens is 1. The monoisotopic (exact) mass is 429 g/mol. The fourth-order valence-corrected chi connectivity index (χ4v) is 3.40. The Kier molecular flexibility index (Phi) is 7.96. The van der Waals surface area contributed by atoms with Crippen LogP contribution < -0.4 is 0 Å². The molecule has 1 heterocycles. The first-order valence-electron chi connectivity index (χ1n) is 9.79. The molecule has 2 aromatic rings. The second-order valence-electron chi connectivity index (χ2n) is 6.94. The van der Waals surface area contributed by atoms with Gasteiger partial charge in [0.1, 0.15) is 5.02 Å². The van der Waals surface area contributed by atoms with Gasteiger partial charge in [-0.1, -0.05) is 54.1 Å². The summed E-state index contributed by atoms with van der Waals surface area (Å²) in [6.07, 6.45) is 3.89. The van der Waals surface area contributed by atoms with Crippen LogP contribution in [0.2, 0.25) is 5.02 Å². The molecule has 3 rings (SSSR count). The average Bonchev–Trinajstić information content (AvgIpc) is 2.77. The number of carbonyl (C=O) groups is 1. The van der Waals surface area contributed by atoms with E-state index in [1.165, 1.54) is 18.2 Å². The number of rotatable bonds is 8. The molecule has 1 saturated heterocycles. The first-order valence-corrected chi connectivity index (χ1v) is 10.2. The van der Waals surface area contributed by atoms with E-state index in [0.29, 0.717) is 32.8 Å². The van der Waals surface area contributed by atoms with Crippen LogP contribution in [-0.4, -0.2) is 66.6 Å². The number of morpholine rings is 1. The molecule has 0 atom stereocenters. The van der Waals surface area contributed by atoms with Crippen molar-refractivity contribution >= 4 is 29.3 Å². The summed E-state index contributed by atoms with van der Waals surface area (Å²) in [5.74, 6) is -0.263. The highest BCUT2D eigenvalue weighted by molar-refractivity contribution is 6.32.